The first-order valence-electron chi connectivity index (χ1n) is 5.41. The van der Waals surface area contributed by atoms with Gasteiger partial charge >= 0.3 is 5.97 Å². The summed E-state index contributed by atoms with van der Waals surface area (Å²) in [7, 11) is 1.38. The molecule has 0 saturated heterocycles. The number of rotatable bonds is 6. The zero-order valence-electron chi connectivity index (χ0n) is 9.75. The van der Waals surface area contributed by atoms with Crippen LogP contribution in [0.5, 0.6) is 0 Å². The molecule has 0 aromatic heterocycles. The Balaban J connectivity index is 2.50. The minimum Gasteiger partial charge on any atom is -0.465 e. The first kappa shape index (κ1) is 12.5. The maximum absolute atomic E-state index is 11.3. The molecule has 0 aliphatic heterocycles. The predicted octanol–water partition coefficient (Wildman–Crippen LogP) is 1.49. The maximum Gasteiger partial charge on any atom is 0.337 e. The van der Waals surface area contributed by atoms with Crippen LogP contribution >= 0.6 is 0 Å². The maximum atomic E-state index is 11.3. The number of anilines is 1. The molecule has 0 saturated carbocycles. The molecule has 1 aromatic carbocycles. The quantitative estimate of drug-likeness (QED) is 0.565. The van der Waals surface area contributed by atoms with Crippen LogP contribution in [0, 0.1) is 0 Å². The SMILES string of the molecule is CCNCCNc1cccc(C(=O)OC)c1. The lowest BCUT2D eigenvalue weighted by Gasteiger charge is -2.07. The largest absolute Gasteiger partial charge is 0.465 e. The van der Waals surface area contributed by atoms with Crippen molar-refractivity contribution in [1.82, 2.24) is 5.32 Å². The lowest BCUT2D eigenvalue weighted by molar-refractivity contribution is 0.0601. The topological polar surface area (TPSA) is 50.4 Å². The third kappa shape index (κ3) is 3.90. The molecule has 2 N–H and O–H groups in total. The summed E-state index contributed by atoms with van der Waals surface area (Å²) in [5.41, 5.74) is 1.50. The van der Waals surface area contributed by atoms with Crippen LogP contribution in [0.4, 0.5) is 5.69 Å². The van der Waals surface area contributed by atoms with Gasteiger partial charge in [0.05, 0.1) is 12.7 Å². The van der Waals surface area contributed by atoms with Crippen LogP contribution in [0.1, 0.15) is 17.3 Å². The van der Waals surface area contributed by atoms with Crippen molar-refractivity contribution in [3.8, 4) is 0 Å². The van der Waals surface area contributed by atoms with Crippen molar-refractivity contribution in [2.45, 2.75) is 6.92 Å². The molecule has 0 unspecified atom stereocenters. The van der Waals surface area contributed by atoms with Crippen molar-refractivity contribution in [2.24, 2.45) is 0 Å². The van der Waals surface area contributed by atoms with E-state index >= 15 is 0 Å². The van der Waals surface area contributed by atoms with Crippen LogP contribution in [0.25, 0.3) is 0 Å². The third-order valence-electron chi connectivity index (χ3n) is 2.16. The Hall–Kier alpha value is -1.55. The molecule has 0 bridgehead atoms. The van der Waals surface area contributed by atoms with Gasteiger partial charge < -0.3 is 15.4 Å². The number of methoxy groups -OCH3 is 1. The second-order valence-electron chi connectivity index (χ2n) is 3.35. The molecule has 0 amide bonds. The second kappa shape index (κ2) is 6.85. The van der Waals surface area contributed by atoms with Gasteiger partial charge in [0.1, 0.15) is 0 Å². The van der Waals surface area contributed by atoms with Gasteiger partial charge in [-0.1, -0.05) is 13.0 Å². The molecule has 4 heteroatoms. The van der Waals surface area contributed by atoms with Gasteiger partial charge in [-0.05, 0) is 24.7 Å². The van der Waals surface area contributed by atoms with Crippen molar-refractivity contribution in [2.75, 3.05) is 32.1 Å². The Bertz CT molecular complexity index is 340. The van der Waals surface area contributed by atoms with E-state index in [9.17, 15) is 4.79 Å². The number of carbonyl (C=O) groups is 1. The number of likely N-dealkylation sites (N-methyl/N-ethyl adjacent to an activating group) is 1. The highest BCUT2D eigenvalue weighted by atomic mass is 16.5. The fraction of sp³-hybridized carbons (Fsp3) is 0.417. The molecule has 0 aliphatic rings. The van der Waals surface area contributed by atoms with Crippen LogP contribution in [-0.4, -0.2) is 32.7 Å². The Morgan fingerprint density at radius 2 is 2.19 bits per heavy atom. The van der Waals surface area contributed by atoms with Crippen molar-refractivity contribution in [3.63, 3.8) is 0 Å². The molecule has 0 aliphatic carbocycles. The van der Waals surface area contributed by atoms with Crippen LogP contribution in [0.15, 0.2) is 24.3 Å². The van der Waals surface area contributed by atoms with Crippen molar-refractivity contribution in [1.29, 1.82) is 0 Å². The summed E-state index contributed by atoms with van der Waals surface area (Å²) in [5.74, 6) is -0.310. The van der Waals surface area contributed by atoms with Gasteiger partial charge in [-0.15, -0.1) is 0 Å². The van der Waals surface area contributed by atoms with Crippen LogP contribution in [0.3, 0.4) is 0 Å². The molecule has 88 valence electrons. The number of esters is 1. The molecular weight excluding hydrogens is 204 g/mol. The number of ether oxygens (including phenoxy) is 1. The zero-order valence-corrected chi connectivity index (χ0v) is 9.75. The smallest absolute Gasteiger partial charge is 0.337 e. The average molecular weight is 222 g/mol. The molecule has 0 radical (unpaired) electrons. The Morgan fingerprint density at radius 3 is 2.88 bits per heavy atom. The first-order chi connectivity index (χ1) is 7.77. The van der Waals surface area contributed by atoms with Crippen molar-refractivity contribution in [3.05, 3.63) is 29.8 Å². The van der Waals surface area contributed by atoms with E-state index in [2.05, 4.69) is 22.3 Å². The molecule has 1 rings (SSSR count). The van der Waals surface area contributed by atoms with Gasteiger partial charge in [-0.25, -0.2) is 4.79 Å². The molecule has 16 heavy (non-hydrogen) atoms. The minimum absolute atomic E-state index is 0.310. The lowest BCUT2D eigenvalue weighted by Crippen LogP contribution is -2.21. The van der Waals surface area contributed by atoms with E-state index in [4.69, 9.17) is 0 Å². The van der Waals surface area contributed by atoms with Gasteiger partial charge in [0, 0.05) is 18.8 Å². The van der Waals surface area contributed by atoms with Gasteiger partial charge in [0.15, 0.2) is 0 Å². The van der Waals surface area contributed by atoms with E-state index in [0.717, 1.165) is 25.3 Å². The van der Waals surface area contributed by atoms with E-state index in [1.54, 1.807) is 12.1 Å². The zero-order chi connectivity index (χ0) is 11.8. The monoisotopic (exact) mass is 222 g/mol. The summed E-state index contributed by atoms with van der Waals surface area (Å²) >= 11 is 0. The molecule has 4 nitrogen and oxygen atoms in total. The Kier molecular flexibility index (Phi) is 5.36. The van der Waals surface area contributed by atoms with E-state index in [1.807, 2.05) is 12.1 Å². The highest BCUT2D eigenvalue weighted by molar-refractivity contribution is 5.90. The van der Waals surface area contributed by atoms with Gasteiger partial charge in [0.2, 0.25) is 0 Å². The van der Waals surface area contributed by atoms with E-state index in [1.165, 1.54) is 7.11 Å². The lowest BCUT2D eigenvalue weighted by atomic mass is 10.2. The van der Waals surface area contributed by atoms with E-state index < -0.39 is 0 Å². The number of nitrogens with one attached hydrogen (secondary N) is 2. The average Bonchev–Trinajstić information content (AvgIpc) is 2.34. The summed E-state index contributed by atoms with van der Waals surface area (Å²) in [4.78, 5) is 11.3. The highest BCUT2D eigenvalue weighted by Gasteiger charge is 2.04. The van der Waals surface area contributed by atoms with Crippen molar-refractivity contribution < 1.29 is 9.53 Å². The van der Waals surface area contributed by atoms with Crippen LogP contribution in [0.2, 0.25) is 0 Å². The van der Waals surface area contributed by atoms with Crippen molar-refractivity contribution >= 4 is 11.7 Å². The summed E-state index contributed by atoms with van der Waals surface area (Å²) in [6, 6.07) is 7.29. The Morgan fingerprint density at radius 1 is 1.38 bits per heavy atom. The Labute approximate surface area is 96.0 Å². The van der Waals surface area contributed by atoms with Crippen LogP contribution in [-0.2, 0) is 4.74 Å². The molecule has 0 atom stereocenters. The molecule has 0 spiro atoms. The van der Waals surface area contributed by atoms with Gasteiger partial charge in [-0.3, -0.25) is 0 Å². The third-order valence-corrected chi connectivity index (χ3v) is 2.16. The summed E-state index contributed by atoms with van der Waals surface area (Å²) in [6.07, 6.45) is 0. The van der Waals surface area contributed by atoms with Crippen LogP contribution < -0.4 is 10.6 Å². The second-order valence-corrected chi connectivity index (χ2v) is 3.35. The molecular formula is C12H18N2O2. The number of hydrogen-bond acceptors (Lipinski definition) is 4. The summed E-state index contributed by atoms with van der Waals surface area (Å²) in [5, 5.41) is 6.44. The molecule has 0 heterocycles. The normalized spacial score (nSPS) is 9.88. The number of carbonyl (C=O) groups excluding carboxylic acids is 1. The minimum atomic E-state index is -0.310. The predicted molar refractivity (Wildman–Crippen MR) is 64.8 cm³/mol. The fourth-order valence-electron chi connectivity index (χ4n) is 1.35. The fourth-order valence-corrected chi connectivity index (χ4v) is 1.35. The summed E-state index contributed by atoms with van der Waals surface area (Å²) < 4.78 is 4.66. The standard InChI is InChI=1S/C12H18N2O2/c1-3-13-7-8-14-11-6-4-5-10(9-11)12(15)16-2/h4-6,9,13-14H,3,7-8H2,1-2H3. The molecule has 0 fully saturated rings. The van der Waals surface area contributed by atoms with Gasteiger partial charge in [0.25, 0.3) is 0 Å². The molecule has 1 aromatic rings. The highest BCUT2D eigenvalue weighted by Crippen LogP contribution is 2.10. The van der Waals surface area contributed by atoms with Gasteiger partial charge in [-0.2, -0.15) is 0 Å². The number of hydrogen-bond donors (Lipinski definition) is 2. The summed E-state index contributed by atoms with van der Waals surface area (Å²) in [6.45, 7) is 4.76. The first-order valence-corrected chi connectivity index (χ1v) is 5.41. The van der Waals surface area contributed by atoms with E-state index in [0.29, 0.717) is 5.56 Å². The van der Waals surface area contributed by atoms with E-state index in [-0.39, 0.29) is 5.97 Å². The number of benzene rings is 1.